The fraction of sp³-hybridized carbons (Fsp3) is 0.600. The van der Waals surface area contributed by atoms with Gasteiger partial charge in [-0.1, -0.05) is 0 Å². The maximum absolute atomic E-state index is 13.2. The van der Waals surface area contributed by atoms with Gasteiger partial charge in [0.1, 0.15) is 11.3 Å². The number of hydrogen-bond acceptors (Lipinski definition) is 3. The zero-order chi connectivity index (χ0) is 18.9. The van der Waals surface area contributed by atoms with Crippen LogP contribution in [0.15, 0.2) is 18.2 Å². The molecule has 1 spiro atoms. The molecule has 0 saturated carbocycles. The normalized spacial score (nSPS) is 23.0. The van der Waals surface area contributed by atoms with Crippen molar-refractivity contribution in [3.05, 3.63) is 23.8 Å². The van der Waals surface area contributed by atoms with Gasteiger partial charge in [0.2, 0.25) is 5.91 Å². The van der Waals surface area contributed by atoms with Crippen LogP contribution >= 0.6 is 0 Å². The summed E-state index contributed by atoms with van der Waals surface area (Å²) in [5.74, 6) is 0.867. The average molecular weight is 359 g/mol. The predicted octanol–water partition coefficient (Wildman–Crippen LogP) is 3.40. The summed E-state index contributed by atoms with van der Waals surface area (Å²) in [6.45, 7) is 7.42. The lowest BCUT2D eigenvalue weighted by Gasteiger charge is -2.45. The third-order valence-electron chi connectivity index (χ3n) is 5.68. The molecule has 2 fully saturated rings. The van der Waals surface area contributed by atoms with Crippen molar-refractivity contribution in [3.8, 4) is 5.75 Å². The van der Waals surface area contributed by atoms with E-state index in [1.165, 1.54) is 0 Å². The summed E-state index contributed by atoms with van der Waals surface area (Å²) in [6, 6.07) is 5.54. The molecular weight excluding hydrogens is 330 g/mol. The molecule has 3 rings (SSSR count). The highest BCUT2D eigenvalue weighted by Crippen LogP contribution is 2.39. The van der Waals surface area contributed by atoms with Crippen LogP contribution in [0.3, 0.4) is 0 Å². The second-order valence-corrected chi connectivity index (χ2v) is 7.59. The summed E-state index contributed by atoms with van der Waals surface area (Å²) in [6.07, 6.45) is 3.32. The molecule has 1 unspecified atom stereocenters. The third kappa shape index (κ3) is 3.13. The summed E-state index contributed by atoms with van der Waals surface area (Å²) in [7, 11) is 1.62. The Balaban J connectivity index is 1.81. The van der Waals surface area contributed by atoms with Crippen LogP contribution in [0.5, 0.6) is 5.75 Å². The number of methoxy groups -OCH3 is 1. The molecule has 1 atom stereocenters. The van der Waals surface area contributed by atoms with E-state index in [9.17, 15) is 9.59 Å². The van der Waals surface area contributed by atoms with Crippen LogP contribution in [0, 0.1) is 6.92 Å². The number of likely N-dealkylation sites (tertiary alicyclic amines) is 2. The first-order valence-corrected chi connectivity index (χ1v) is 9.43. The van der Waals surface area contributed by atoms with Crippen molar-refractivity contribution >= 4 is 17.6 Å². The highest BCUT2D eigenvalue weighted by molar-refractivity contribution is 5.97. The minimum atomic E-state index is -0.674. The summed E-state index contributed by atoms with van der Waals surface area (Å²) in [4.78, 5) is 29.9. The number of rotatable bonds is 3. The van der Waals surface area contributed by atoms with Crippen LogP contribution in [0.25, 0.3) is 0 Å². The van der Waals surface area contributed by atoms with E-state index in [0.717, 1.165) is 49.2 Å². The second-order valence-electron chi connectivity index (χ2n) is 7.59. The fourth-order valence-electron chi connectivity index (χ4n) is 4.25. The number of anilines is 1. The van der Waals surface area contributed by atoms with Crippen LogP contribution in [-0.2, 0) is 4.79 Å². The van der Waals surface area contributed by atoms with Crippen molar-refractivity contribution in [2.45, 2.75) is 58.0 Å². The minimum Gasteiger partial charge on any atom is -0.497 e. The lowest BCUT2D eigenvalue weighted by molar-refractivity contribution is -0.147. The summed E-state index contributed by atoms with van der Waals surface area (Å²) < 4.78 is 5.22. The molecule has 26 heavy (non-hydrogen) atoms. The number of ether oxygens (including phenoxy) is 1. The van der Waals surface area contributed by atoms with Crippen molar-refractivity contribution in [2.75, 3.05) is 25.5 Å². The first kappa shape index (κ1) is 18.5. The number of piperidine rings is 1. The molecule has 142 valence electrons. The molecule has 0 radical (unpaired) electrons. The van der Waals surface area contributed by atoms with E-state index in [4.69, 9.17) is 4.74 Å². The van der Waals surface area contributed by atoms with Crippen molar-refractivity contribution in [2.24, 2.45) is 0 Å². The number of hydrogen-bond donors (Lipinski definition) is 1. The number of carbonyl (C=O) groups is 2. The van der Waals surface area contributed by atoms with E-state index in [1.807, 2.05) is 43.9 Å². The largest absolute Gasteiger partial charge is 0.497 e. The quantitative estimate of drug-likeness (QED) is 0.900. The number of carbonyl (C=O) groups excluding carboxylic acids is 2. The molecule has 2 heterocycles. The van der Waals surface area contributed by atoms with Crippen molar-refractivity contribution in [3.63, 3.8) is 0 Å². The highest BCUT2D eigenvalue weighted by Gasteiger charge is 2.53. The molecule has 6 heteroatoms. The smallest absolute Gasteiger partial charge is 0.322 e. The monoisotopic (exact) mass is 359 g/mol. The van der Waals surface area contributed by atoms with Gasteiger partial charge in [-0.15, -0.1) is 0 Å². The Morgan fingerprint density at radius 2 is 1.92 bits per heavy atom. The Labute approximate surface area is 155 Å². The Bertz CT molecular complexity index is 704. The van der Waals surface area contributed by atoms with Gasteiger partial charge in [0.05, 0.1) is 7.11 Å². The molecule has 2 aliphatic heterocycles. The van der Waals surface area contributed by atoms with Gasteiger partial charge >= 0.3 is 6.03 Å². The molecule has 0 aliphatic carbocycles. The van der Waals surface area contributed by atoms with Crippen LogP contribution in [-0.4, -0.2) is 53.5 Å². The molecule has 2 saturated heterocycles. The predicted molar refractivity (Wildman–Crippen MR) is 102 cm³/mol. The Hall–Kier alpha value is -2.24. The van der Waals surface area contributed by atoms with Crippen LogP contribution in [0.1, 0.15) is 45.1 Å². The minimum absolute atomic E-state index is 0.109. The van der Waals surface area contributed by atoms with Gasteiger partial charge in [-0.3, -0.25) is 4.79 Å². The highest BCUT2D eigenvalue weighted by atomic mass is 16.5. The van der Waals surface area contributed by atoms with Crippen LogP contribution < -0.4 is 10.1 Å². The Kier molecular flexibility index (Phi) is 5.12. The molecule has 1 aromatic rings. The first-order chi connectivity index (χ1) is 12.4. The van der Waals surface area contributed by atoms with Crippen molar-refractivity contribution in [1.82, 2.24) is 9.80 Å². The van der Waals surface area contributed by atoms with E-state index < -0.39 is 5.54 Å². The number of benzene rings is 1. The topological polar surface area (TPSA) is 61.9 Å². The number of amides is 3. The maximum Gasteiger partial charge on any atom is 0.322 e. The van der Waals surface area contributed by atoms with Gasteiger partial charge in [-0.05, 0) is 70.2 Å². The number of nitrogens with one attached hydrogen (secondary N) is 1. The van der Waals surface area contributed by atoms with E-state index in [2.05, 4.69) is 5.32 Å². The van der Waals surface area contributed by atoms with E-state index in [1.54, 1.807) is 12.0 Å². The van der Waals surface area contributed by atoms with Gasteiger partial charge < -0.3 is 19.9 Å². The Morgan fingerprint density at radius 3 is 2.54 bits per heavy atom. The van der Waals surface area contributed by atoms with Gasteiger partial charge in [0.15, 0.2) is 0 Å². The van der Waals surface area contributed by atoms with Crippen molar-refractivity contribution < 1.29 is 14.3 Å². The van der Waals surface area contributed by atoms with E-state index in [0.29, 0.717) is 6.54 Å². The van der Waals surface area contributed by atoms with Gasteiger partial charge in [0, 0.05) is 24.8 Å². The van der Waals surface area contributed by atoms with Gasteiger partial charge in [-0.25, -0.2) is 4.79 Å². The maximum atomic E-state index is 13.2. The molecule has 0 bridgehead atoms. The van der Waals surface area contributed by atoms with E-state index in [-0.39, 0.29) is 18.0 Å². The summed E-state index contributed by atoms with van der Waals surface area (Å²) >= 11 is 0. The third-order valence-corrected chi connectivity index (χ3v) is 5.68. The fourth-order valence-corrected chi connectivity index (χ4v) is 4.25. The first-order valence-electron chi connectivity index (χ1n) is 9.43. The Morgan fingerprint density at radius 1 is 1.23 bits per heavy atom. The zero-order valence-electron chi connectivity index (χ0n) is 16.2. The lowest BCUT2D eigenvalue weighted by Crippen LogP contribution is -2.63. The van der Waals surface area contributed by atoms with Crippen molar-refractivity contribution in [1.29, 1.82) is 0 Å². The van der Waals surface area contributed by atoms with E-state index >= 15 is 0 Å². The molecule has 1 aromatic carbocycles. The molecule has 6 nitrogen and oxygen atoms in total. The number of aryl methyl sites for hydroxylation is 1. The zero-order valence-corrected chi connectivity index (χ0v) is 16.2. The van der Waals surface area contributed by atoms with Crippen LogP contribution in [0.4, 0.5) is 10.5 Å². The molecular formula is C20H29N3O3. The lowest BCUT2D eigenvalue weighted by atomic mass is 9.85. The second kappa shape index (κ2) is 7.17. The van der Waals surface area contributed by atoms with Crippen LogP contribution in [0.2, 0.25) is 0 Å². The number of nitrogens with zero attached hydrogens (tertiary/aromatic N) is 2. The van der Waals surface area contributed by atoms with Gasteiger partial charge in [-0.2, -0.15) is 0 Å². The number of urea groups is 1. The standard InChI is InChI=1S/C20H29N3O3/c1-14(2)22-11-5-9-20(18(22)24)10-6-12-23(20)19(25)21-17-8-7-16(26-4)13-15(17)3/h7-8,13-14H,5-6,9-12H2,1-4H3,(H,21,25). The van der Waals surface area contributed by atoms with Gasteiger partial charge in [0.25, 0.3) is 0 Å². The molecule has 3 amide bonds. The SMILES string of the molecule is COc1ccc(NC(=O)N2CCCC23CCCN(C(C)C)C3=O)c(C)c1. The molecule has 0 aromatic heterocycles. The summed E-state index contributed by atoms with van der Waals surface area (Å²) in [5, 5.41) is 3.00. The average Bonchev–Trinajstić information content (AvgIpc) is 3.03. The molecule has 2 aliphatic rings. The summed E-state index contributed by atoms with van der Waals surface area (Å²) in [5.41, 5.74) is 1.01. The molecule has 1 N–H and O–H groups in total.